The molecule has 1 fully saturated rings. The fourth-order valence-electron chi connectivity index (χ4n) is 4.92. The lowest BCUT2D eigenvalue weighted by atomic mass is 9.90. The third-order valence-corrected chi connectivity index (χ3v) is 7.05. The number of ether oxygens (including phenoxy) is 2. The first-order chi connectivity index (χ1) is 17.1. The van der Waals surface area contributed by atoms with Crippen LogP contribution in [-0.2, 0) is 9.47 Å². The van der Waals surface area contributed by atoms with Gasteiger partial charge in [0.15, 0.2) is 0 Å². The minimum absolute atomic E-state index is 0.354. The van der Waals surface area contributed by atoms with Crippen LogP contribution in [-0.4, -0.2) is 29.5 Å². The molecule has 5 rings (SSSR count). The molecule has 3 aromatic carbocycles. The fourth-order valence-corrected chi connectivity index (χ4v) is 5.04. The molecule has 1 heterocycles. The summed E-state index contributed by atoms with van der Waals surface area (Å²) in [6, 6.07) is 23.3. The summed E-state index contributed by atoms with van der Waals surface area (Å²) in [7, 11) is 1.39. The Bertz CT molecular complexity index is 1290. The molecule has 35 heavy (non-hydrogen) atoms. The Morgan fingerprint density at radius 3 is 2.43 bits per heavy atom. The summed E-state index contributed by atoms with van der Waals surface area (Å²) in [6.45, 7) is 0.684. The van der Waals surface area contributed by atoms with E-state index in [1.807, 2.05) is 59.3 Å². The standard InChI is InChI=1S/C29H29ClN2O3/c1-34-29(33)22-13-11-21(12-14-22)28(35-19-20-7-3-2-4-8-20)27-25-9-5-6-10-26(25)31-32(27)24-17-15-23(30)16-18-24/h5-6,9-18,20,28H,2-4,7-8,19H2,1H3. The van der Waals surface area contributed by atoms with Crippen LogP contribution in [0.4, 0.5) is 0 Å². The highest BCUT2D eigenvalue weighted by Gasteiger charge is 2.26. The summed E-state index contributed by atoms with van der Waals surface area (Å²) in [4.78, 5) is 12.0. The lowest BCUT2D eigenvalue weighted by Gasteiger charge is -2.26. The summed E-state index contributed by atoms with van der Waals surface area (Å²) >= 11 is 6.17. The molecular formula is C29H29ClN2O3. The zero-order valence-electron chi connectivity index (χ0n) is 19.8. The van der Waals surface area contributed by atoms with Gasteiger partial charge in [0.1, 0.15) is 6.10 Å². The van der Waals surface area contributed by atoms with Gasteiger partial charge in [-0.05, 0) is 66.8 Å². The second-order valence-corrected chi connectivity index (χ2v) is 9.56. The van der Waals surface area contributed by atoms with Crippen LogP contribution in [0.3, 0.4) is 0 Å². The molecular weight excluding hydrogens is 460 g/mol. The predicted octanol–water partition coefficient (Wildman–Crippen LogP) is 7.15. The Morgan fingerprint density at radius 1 is 1.00 bits per heavy atom. The molecule has 4 aromatic rings. The zero-order chi connectivity index (χ0) is 24.2. The smallest absolute Gasteiger partial charge is 0.337 e. The molecule has 1 aromatic heterocycles. The number of hydrogen-bond donors (Lipinski definition) is 0. The van der Waals surface area contributed by atoms with Gasteiger partial charge in [0.2, 0.25) is 0 Å². The maximum atomic E-state index is 12.0. The number of rotatable bonds is 7. The van der Waals surface area contributed by atoms with Gasteiger partial charge >= 0.3 is 5.97 Å². The first-order valence-corrected chi connectivity index (χ1v) is 12.6. The van der Waals surface area contributed by atoms with Crippen LogP contribution in [0.1, 0.15) is 59.8 Å². The van der Waals surface area contributed by atoms with Crippen molar-refractivity contribution in [1.82, 2.24) is 9.78 Å². The third kappa shape index (κ3) is 5.12. The van der Waals surface area contributed by atoms with E-state index < -0.39 is 0 Å². The van der Waals surface area contributed by atoms with Crippen LogP contribution >= 0.6 is 11.6 Å². The molecule has 0 N–H and O–H groups in total. The number of methoxy groups -OCH3 is 1. The summed E-state index contributed by atoms with van der Waals surface area (Å²) in [5.74, 6) is 0.201. The van der Waals surface area contributed by atoms with E-state index in [4.69, 9.17) is 26.2 Å². The Labute approximate surface area is 210 Å². The summed E-state index contributed by atoms with van der Waals surface area (Å²) in [5.41, 5.74) is 4.25. The zero-order valence-corrected chi connectivity index (χ0v) is 20.6. The molecule has 1 atom stereocenters. The van der Waals surface area contributed by atoms with Gasteiger partial charge in [0.25, 0.3) is 0 Å². The molecule has 0 amide bonds. The number of hydrogen-bond acceptors (Lipinski definition) is 4. The Kier molecular flexibility index (Phi) is 7.16. The maximum Gasteiger partial charge on any atom is 0.337 e. The van der Waals surface area contributed by atoms with Crippen molar-refractivity contribution < 1.29 is 14.3 Å². The molecule has 5 nitrogen and oxygen atoms in total. The van der Waals surface area contributed by atoms with Gasteiger partial charge < -0.3 is 9.47 Å². The van der Waals surface area contributed by atoms with E-state index in [9.17, 15) is 4.79 Å². The van der Waals surface area contributed by atoms with E-state index >= 15 is 0 Å². The summed E-state index contributed by atoms with van der Waals surface area (Å²) in [5, 5.41) is 6.64. The Balaban J connectivity index is 1.61. The van der Waals surface area contributed by atoms with Gasteiger partial charge in [-0.15, -0.1) is 0 Å². The van der Waals surface area contributed by atoms with E-state index in [1.54, 1.807) is 12.1 Å². The maximum absolute atomic E-state index is 12.0. The van der Waals surface area contributed by atoms with Crippen molar-refractivity contribution in [2.24, 2.45) is 5.92 Å². The lowest BCUT2D eigenvalue weighted by Crippen LogP contribution is -2.19. The largest absolute Gasteiger partial charge is 0.465 e. The van der Waals surface area contributed by atoms with Gasteiger partial charge in [0, 0.05) is 10.4 Å². The molecule has 6 heteroatoms. The molecule has 0 spiro atoms. The number of aromatic nitrogens is 2. The molecule has 0 radical (unpaired) electrons. The Morgan fingerprint density at radius 2 is 1.71 bits per heavy atom. The molecule has 0 bridgehead atoms. The normalized spacial score (nSPS) is 15.3. The van der Waals surface area contributed by atoms with Crippen molar-refractivity contribution in [1.29, 1.82) is 0 Å². The quantitative estimate of drug-likeness (QED) is 0.259. The van der Waals surface area contributed by atoms with Crippen LogP contribution < -0.4 is 0 Å². The molecule has 180 valence electrons. The SMILES string of the molecule is COC(=O)c1ccc(C(OCC2CCCCC2)c2c3ccccc3nn2-c2ccc(Cl)cc2)cc1. The number of fused-ring (bicyclic) bond motifs is 1. The van der Waals surface area contributed by atoms with E-state index in [0.29, 0.717) is 23.1 Å². The summed E-state index contributed by atoms with van der Waals surface area (Å²) in [6.07, 6.45) is 5.88. The van der Waals surface area contributed by atoms with Crippen LogP contribution in [0.15, 0.2) is 72.8 Å². The van der Waals surface area contributed by atoms with E-state index in [-0.39, 0.29) is 12.1 Å². The average molecular weight is 489 g/mol. The minimum atomic E-state index is -0.355. The number of carbonyl (C=O) groups is 1. The van der Waals surface area contributed by atoms with Gasteiger partial charge in [-0.3, -0.25) is 0 Å². The van der Waals surface area contributed by atoms with E-state index in [0.717, 1.165) is 27.8 Å². The highest BCUT2D eigenvalue weighted by molar-refractivity contribution is 6.30. The highest BCUT2D eigenvalue weighted by atomic mass is 35.5. The van der Waals surface area contributed by atoms with Crippen LogP contribution in [0.2, 0.25) is 5.02 Å². The number of esters is 1. The van der Waals surface area contributed by atoms with Crippen molar-refractivity contribution in [2.45, 2.75) is 38.2 Å². The monoisotopic (exact) mass is 488 g/mol. The lowest BCUT2D eigenvalue weighted by molar-refractivity contribution is 0.0392. The number of carbonyl (C=O) groups excluding carboxylic acids is 1. The van der Waals surface area contributed by atoms with Gasteiger partial charge in [0.05, 0.1) is 36.2 Å². The number of nitrogens with zero attached hydrogens (tertiary/aromatic N) is 2. The molecule has 1 saturated carbocycles. The molecule has 1 unspecified atom stereocenters. The van der Waals surface area contributed by atoms with Crippen molar-refractivity contribution in [3.05, 3.63) is 94.6 Å². The van der Waals surface area contributed by atoms with Gasteiger partial charge in [-0.25, -0.2) is 9.48 Å². The molecule has 1 aliphatic carbocycles. The van der Waals surface area contributed by atoms with Crippen molar-refractivity contribution >= 4 is 28.5 Å². The third-order valence-electron chi connectivity index (χ3n) is 6.79. The van der Waals surface area contributed by atoms with E-state index in [2.05, 4.69) is 6.07 Å². The average Bonchev–Trinajstić information content (AvgIpc) is 3.29. The fraction of sp³-hybridized carbons (Fsp3) is 0.310. The highest BCUT2D eigenvalue weighted by Crippen LogP contribution is 2.36. The van der Waals surface area contributed by atoms with Crippen LogP contribution in [0.5, 0.6) is 0 Å². The van der Waals surface area contributed by atoms with Crippen LogP contribution in [0, 0.1) is 5.92 Å². The van der Waals surface area contributed by atoms with Crippen molar-refractivity contribution in [3.63, 3.8) is 0 Å². The van der Waals surface area contributed by atoms with E-state index in [1.165, 1.54) is 39.2 Å². The topological polar surface area (TPSA) is 53.4 Å². The number of halogens is 1. The van der Waals surface area contributed by atoms with Crippen molar-refractivity contribution in [2.75, 3.05) is 13.7 Å². The minimum Gasteiger partial charge on any atom is -0.465 e. The molecule has 0 saturated heterocycles. The molecule has 0 aliphatic heterocycles. The Hall–Kier alpha value is -3.15. The summed E-state index contributed by atoms with van der Waals surface area (Å²) < 4.78 is 13.6. The predicted molar refractivity (Wildman–Crippen MR) is 138 cm³/mol. The first kappa shape index (κ1) is 23.6. The molecule has 1 aliphatic rings. The first-order valence-electron chi connectivity index (χ1n) is 12.2. The van der Waals surface area contributed by atoms with Gasteiger partial charge in [-0.2, -0.15) is 5.10 Å². The van der Waals surface area contributed by atoms with Gasteiger partial charge in [-0.1, -0.05) is 61.2 Å². The second-order valence-electron chi connectivity index (χ2n) is 9.12. The van der Waals surface area contributed by atoms with Crippen LogP contribution in [0.25, 0.3) is 16.6 Å². The van der Waals surface area contributed by atoms with Crippen molar-refractivity contribution in [3.8, 4) is 5.69 Å². The number of benzene rings is 3. The second kappa shape index (κ2) is 10.6.